The first-order valence-corrected chi connectivity index (χ1v) is 5.06. The van der Waals surface area contributed by atoms with Crippen molar-refractivity contribution >= 4 is 15.6 Å². The number of hydrogen-bond donors (Lipinski definition) is 1. The predicted molar refractivity (Wildman–Crippen MR) is 40.9 cm³/mol. The number of carbonyl (C=O) groups excluding carboxylic acids is 1. The summed E-state index contributed by atoms with van der Waals surface area (Å²) >= 11 is 0. The lowest BCUT2D eigenvalue weighted by molar-refractivity contribution is -0.124. The van der Waals surface area contributed by atoms with Gasteiger partial charge < -0.3 is 5.11 Å². The molecule has 0 aromatic heterocycles. The Morgan fingerprint density at radius 2 is 2.00 bits per heavy atom. The van der Waals surface area contributed by atoms with Crippen LogP contribution in [0, 0.1) is 11.3 Å². The highest BCUT2D eigenvalue weighted by Gasteiger charge is 2.31. The van der Waals surface area contributed by atoms with Crippen molar-refractivity contribution in [2.24, 2.45) is 0 Å². The molecule has 0 heterocycles. The van der Waals surface area contributed by atoms with Crippen LogP contribution in [0.1, 0.15) is 6.92 Å². The molecule has 6 heteroatoms. The number of Topliss-reactive ketones (excluding diaryl/α,β-unsaturated/α-hetero) is 1. The lowest BCUT2D eigenvalue weighted by atomic mass is 10.2. The largest absolute Gasteiger partial charge is 0.386 e. The first-order chi connectivity index (χ1) is 5.30. The third-order valence-corrected chi connectivity index (χ3v) is 2.41. The monoisotopic (exact) mass is 191 g/mol. The fourth-order valence-corrected chi connectivity index (χ4v) is 1.40. The second-order valence-corrected chi connectivity index (χ2v) is 4.55. The summed E-state index contributed by atoms with van der Waals surface area (Å²) in [6.45, 7) is 1.12. The number of sulfone groups is 1. The van der Waals surface area contributed by atoms with Gasteiger partial charge in [0.05, 0.1) is 6.07 Å². The molecule has 0 aromatic rings. The fraction of sp³-hybridized carbons (Fsp3) is 0.667. The Balaban J connectivity index is 4.88. The topological polar surface area (TPSA) is 95.2 Å². The van der Waals surface area contributed by atoms with Crippen molar-refractivity contribution in [2.45, 2.75) is 18.3 Å². The molecule has 0 aliphatic carbocycles. The third-order valence-electron chi connectivity index (χ3n) is 1.22. The second-order valence-electron chi connectivity index (χ2n) is 2.42. The fourth-order valence-electron chi connectivity index (χ4n) is 0.589. The van der Waals surface area contributed by atoms with E-state index in [2.05, 4.69) is 0 Å². The minimum Gasteiger partial charge on any atom is -0.386 e. The van der Waals surface area contributed by atoms with Crippen LogP contribution in [0.15, 0.2) is 0 Å². The van der Waals surface area contributed by atoms with E-state index in [1.54, 1.807) is 0 Å². The quantitative estimate of drug-likeness (QED) is 0.609. The summed E-state index contributed by atoms with van der Waals surface area (Å²) < 4.78 is 21.5. The number of aliphatic hydroxyl groups is 1. The average molecular weight is 191 g/mol. The molecule has 2 atom stereocenters. The molecule has 0 spiro atoms. The molecule has 1 unspecified atom stereocenters. The zero-order chi connectivity index (χ0) is 9.94. The van der Waals surface area contributed by atoms with Gasteiger partial charge in [-0.15, -0.1) is 0 Å². The maximum absolute atomic E-state index is 10.9. The van der Waals surface area contributed by atoms with Gasteiger partial charge in [-0.25, -0.2) is 8.42 Å². The van der Waals surface area contributed by atoms with E-state index < -0.39 is 27.0 Å². The van der Waals surface area contributed by atoms with Crippen molar-refractivity contribution in [1.82, 2.24) is 0 Å². The van der Waals surface area contributed by atoms with Gasteiger partial charge >= 0.3 is 0 Å². The number of nitrogens with zero attached hydrogens (tertiary/aromatic N) is 1. The van der Waals surface area contributed by atoms with Crippen molar-refractivity contribution in [3.05, 3.63) is 0 Å². The zero-order valence-corrected chi connectivity index (χ0v) is 7.50. The second kappa shape index (κ2) is 3.65. The van der Waals surface area contributed by atoms with E-state index in [0.717, 1.165) is 13.2 Å². The molecule has 0 saturated heterocycles. The molecular weight excluding hydrogens is 182 g/mol. The highest BCUT2D eigenvalue weighted by molar-refractivity contribution is 7.92. The molecule has 0 rings (SSSR count). The van der Waals surface area contributed by atoms with Crippen molar-refractivity contribution in [2.75, 3.05) is 6.26 Å². The van der Waals surface area contributed by atoms with Gasteiger partial charge in [-0.1, -0.05) is 0 Å². The molecule has 0 saturated carbocycles. The summed E-state index contributed by atoms with van der Waals surface area (Å²) in [5.74, 6) is -0.986. The highest BCUT2D eigenvalue weighted by Crippen LogP contribution is 2.02. The van der Waals surface area contributed by atoms with Crippen molar-refractivity contribution in [3.63, 3.8) is 0 Å². The predicted octanol–water partition coefficient (Wildman–Crippen LogP) is -1.13. The molecule has 0 radical (unpaired) electrons. The van der Waals surface area contributed by atoms with Gasteiger partial charge in [0.15, 0.2) is 15.6 Å². The number of hydrogen-bond acceptors (Lipinski definition) is 5. The van der Waals surface area contributed by atoms with Crippen molar-refractivity contribution in [3.8, 4) is 6.07 Å². The summed E-state index contributed by atoms with van der Waals surface area (Å²) in [5.41, 5.74) is 0. The van der Waals surface area contributed by atoms with Crippen molar-refractivity contribution < 1.29 is 18.3 Å². The van der Waals surface area contributed by atoms with Crippen LogP contribution in [0.5, 0.6) is 0 Å². The number of ketones is 1. The van der Waals surface area contributed by atoms with E-state index in [-0.39, 0.29) is 0 Å². The molecule has 68 valence electrons. The molecule has 0 aromatic carbocycles. The standard InChI is InChI=1S/C6H9NO4S/c1-4(8)6(9)5(3-7)12(2,10)11/h4-5,8H,1-2H3/t4-,5?/m1/s1. The Hall–Kier alpha value is -0.930. The summed E-state index contributed by atoms with van der Waals surface area (Å²) in [6, 6.07) is 1.33. The van der Waals surface area contributed by atoms with Crippen LogP contribution in [0.25, 0.3) is 0 Å². The molecule has 1 N–H and O–H groups in total. The molecule has 0 aliphatic rings. The first-order valence-electron chi connectivity index (χ1n) is 3.11. The Morgan fingerprint density at radius 3 is 2.08 bits per heavy atom. The molecule has 12 heavy (non-hydrogen) atoms. The van der Waals surface area contributed by atoms with Crippen LogP contribution in [0.3, 0.4) is 0 Å². The molecule has 5 nitrogen and oxygen atoms in total. The van der Waals surface area contributed by atoms with Gasteiger partial charge in [0.1, 0.15) is 6.10 Å². The Kier molecular flexibility index (Phi) is 3.36. The Bertz CT molecular complexity index is 311. The van der Waals surface area contributed by atoms with Crippen LogP contribution in [0.2, 0.25) is 0 Å². The average Bonchev–Trinajstić information content (AvgIpc) is 1.85. The van der Waals surface area contributed by atoms with Gasteiger partial charge in [-0.05, 0) is 6.92 Å². The van der Waals surface area contributed by atoms with Crippen LogP contribution in [-0.2, 0) is 14.6 Å². The summed E-state index contributed by atoms with van der Waals surface area (Å²) in [4.78, 5) is 10.9. The minimum atomic E-state index is -3.73. The molecule has 0 bridgehead atoms. The number of rotatable bonds is 3. The zero-order valence-electron chi connectivity index (χ0n) is 6.68. The van der Waals surface area contributed by atoms with Crippen LogP contribution in [0.4, 0.5) is 0 Å². The lowest BCUT2D eigenvalue weighted by Gasteiger charge is -2.06. The van der Waals surface area contributed by atoms with Crippen molar-refractivity contribution in [1.29, 1.82) is 5.26 Å². The minimum absolute atomic E-state index is 0.779. The van der Waals surface area contributed by atoms with Gasteiger partial charge in [-0.2, -0.15) is 5.26 Å². The Morgan fingerprint density at radius 1 is 1.58 bits per heavy atom. The molecule has 0 fully saturated rings. The Labute approximate surface area is 70.5 Å². The van der Waals surface area contributed by atoms with Gasteiger partial charge in [0.2, 0.25) is 5.25 Å². The number of aliphatic hydroxyl groups excluding tert-OH is 1. The SMILES string of the molecule is C[C@@H](O)C(=O)C(C#N)S(C)(=O)=O. The summed E-state index contributed by atoms with van der Waals surface area (Å²) in [5, 5.41) is 15.3. The van der Waals surface area contributed by atoms with E-state index in [9.17, 15) is 13.2 Å². The smallest absolute Gasteiger partial charge is 0.208 e. The van der Waals surface area contributed by atoms with E-state index in [0.29, 0.717) is 0 Å². The maximum Gasteiger partial charge on any atom is 0.208 e. The van der Waals surface area contributed by atoms with Gasteiger partial charge in [0.25, 0.3) is 0 Å². The maximum atomic E-state index is 10.9. The molecular formula is C6H9NO4S. The van der Waals surface area contributed by atoms with E-state index in [1.165, 1.54) is 6.07 Å². The van der Waals surface area contributed by atoms with E-state index in [1.807, 2.05) is 0 Å². The van der Waals surface area contributed by atoms with Gasteiger partial charge in [0, 0.05) is 6.26 Å². The first kappa shape index (κ1) is 11.1. The normalized spacial score (nSPS) is 16.2. The molecule has 0 amide bonds. The summed E-state index contributed by atoms with van der Waals surface area (Å²) in [6.07, 6.45) is -0.648. The number of nitriles is 1. The van der Waals surface area contributed by atoms with Gasteiger partial charge in [-0.3, -0.25) is 4.79 Å². The van der Waals surface area contributed by atoms with Crippen LogP contribution >= 0.6 is 0 Å². The highest BCUT2D eigenvalue weighted by atomic mass is 32.2. The van der Waals surface area contributed by atoms with Crippen LogP contribution in [-0.4, -0.2) is 36.9 Å². The van der Waals surface area contributed by atoms with E-state index in [4.69, 9.17) is 10.4 Å². The third kappa shape index (κ3) is 2.60. The lowest BCUT2D eigenvalue weighted by Crippen LogP contribution is -2.34. The number of carbonyl (C=O) groups is 1. The molecule has 0 aliphatic heterocycles. The van der Waals surface area contributed by atoms with Crippen LogP contribution < -0.4 is 0 Å². The summed E-state index contributed by atoms with van der Waals surface area (Å²) in [7, 11) is -3.73. The van der Waals surface area contributed by atoms with E-state index >= 15 is 0 Å².